The Morgan fingerprint density at radius 1 is 1.28 bits per heavy atom. The minimum Gasteiger partial charge on any atom is -0.490 e. The van der Waals surface area contributed by atoms with Crippen molar-refractivity contribution in [3.8, 4) is 5.75 Å². The van der Waals surface area contributed by atoms with E-state index in [0.717, 1.165) is 37.4 Å². The molecule has 0 aliphatic carbocycles. The molecule has 96 valence electrons. The fourth-order valence-electron chi connectivity index (χ4n) is 1.82. The summed E-state index contributed by atoms with van der Waals surface area (Å²) in [6.07, 6.45) is 5.13. The molecule has 2 N–H and O–H groups in total. The maximum absolute atomic E-state index is 10.6. The lowest BCUT2D eigenvalue weighted by atomic mass is 10.1. The van der Waals surface area contributed by atoms with Crippen LogP contribution in [0.25, 0.3) is 6.08 Å². The van der Waals surface area contributed by atoms with Gasteiger partial charge in [0, 0.05) is 18.9 Å². The van der Waals surface area contributed by atoms with Crippen LogP contribution in [-0.4, -0.2) is 25.2 Å². The number of amides is 1. The predicted molar refractivity (Wildman–Crippen MR) is 69.1 cm³/mol. The molecule has 0 bridgehead atoms. The number of hydrogen-bond donors (Lipinski definition) is 1. The molecule has 1 aromatic rings. The van der Waals surface area contributed by atoms with Gasteiger partial charge in [0.05, 0.1) is 13.2 Å². The first-order valence-electron chi connectivity index (χ1n) is 6.06. The Labute approximate surface area is 106 Å². The van der Waals surface area contributed by atoms with Crippen molar-refractivity contribution in [1.82, 2.24) is 0 Å². The Bertz CT molecular complexity index is 419. The summed E-state index contributed by atoms with van der Waals surface area (Å²) in [7, 11) is 0. The molecule has 1 aliphatic heterocycles. The van der Waals surface area contributed by atoms with E-state index in [1.165, 1.54) is 6.08 Å². The molecule has 1 saturated heterocycles. The van der Waals surface area contributed by atoms with E-state index in [4.69, 9.17) is 15.2 Å². The van der Waals surface area contributed by atoms with Gasteiger partial charge >= 0.3 is 0 Å². The van der Waals surface area contributed by atoms with Gasteiger partial charge in [-0.15, -0.1) is 0 Å². The summed E-state index contributed by atoms with van der Waals surface area (Å²) >= 11 is 0. The molecular weight excluding hydrogens is 230 g/mol. The van der Waals surface area contributed by atoms with Crippen molar-refractivity contribution in [2.75, 3.05) is 13.2 Å². The Balaban J connectivity index is 1.92. The number of carbonyl (C=O) groups is 1. The van der Waals surface area contributed by atoms with E-state index in [1.807, 2.05) is 24.3 Å². The molecule has 0 radical (unpaired) electrons. The smallest absolute Gasteiger partial charge is 0.241 e. The molecule has 1 amide bonds. The maximum atomic E-state index is 10.6. The second-order valence-electron chi connectivity index (χ2n) is 4.23. The molecule has 1 aliphatic rings. The molecule has 1 aromatic carbocycles. The Morgan fingerprint density at radius 3 is 2.56 bits per heavy atom. The predicted octanol–water partition coefficient (Wildman–Crippen LogP) is 1.74. The molecule has 0 spiro atoms. The molecule has 0 saturated carbocycles. The van der Waals surface area contributed by atoms with Crippen molar-refractivity contribution in [1.29, 1.82) is 0 Å². The van der Waals surface area contributed by atoms with E-state index in [1.54, 1.807) is 6.08 Å². The first kappa shape index (κ1) is 12.6. The number of carbonyl (C=O) groups excluding carboxylic acids is 1. The Morgan fingerprint density at radius 2 is 1.94 bits per heavy atom. The van der Waals surface area contributed by atoms with Gasteiger partial charge in [0.2, 0.25) is 5.91 Å². The van der Waals surface area contributed by atoms with Gasteiger partial charge in [0.1, 0.15) is 11.9 Å². The topological polar surface area (TPSA) is 61.6 Å². The van der Waals surface area contributed by atoms with Gasteiger partial charge in [0.15, 0.2) is 0 Å². The third-order valence-electron chi connectivity index (χ3n) is 2.79. The van der Waals surface area contributed by atoms with Crippen LogP contribution in [-0.2, 0) is 9.53 Å². The van der Waals surface area contributed by atoms with Crippen LogP contribution in [0.4, 0.5) is 0 Å². The van der Waals surface area contributed by atoms with Crippen LogP contribution in [0.15, 0.2) is 30.3 Å². The molecule has 4 nitrogen and oxygen atoms in total. The summed E-state index contributed by atoms with van der Waals surface area (Å²) in [6.45, 7) is 1.54. The lowest BCUT2D eigenvalue weighted by Gasteiger charge is -2.23. The highest BCUT2D eigenvalue weighted by atomic mass is 16.5. The van der Waals surface area contributed by atoms with Gasteiger partial charge in [-0.3, -0.25) is 4.79 Å². The number of benzene rings is 1. The van der Waals surface area contributed by atoms with Gasteiger partial charge in [-0.2, -0.15) is 0 Å². The zero-order chi connectivity index (χ0) is 12.8. The van der Waals surface area contributed by atoms with Crippen molar-refractivity contribution in [2.24, 2.45) is 5.73 Å². The second kappa shape index (κ2) is 6.21. The fraction of sp³-hybridized carbons (Fsp3) is 0.357. The normalized spacial score (nSPS) is 16.9. The van der Waals surface area contributed by atoms with Crippen molar-refractivity contribution in [3.05, 3.63) is 35.9 Å². The Kier molecular flexibility index (Phi) is 4.36. The molecule has 0 atom stereocenters. The summed E-state index contributed by atoms with van der Waals surface area (Å²) in [5, 5.41) is 0. The molecule has 0 unspecified atom stereocenters. The van der Waals surface area contributed by atoms with Crippen molar-refractivity contribution in [2.45, 2.75) is 18.9 Å². The minimum absolute atomic E-state index is 0.241. The number of nitrogens with two attached hydrogens (primary N) is 1. The Hall–Kier alpha value is -1.81. The zero-order valence-electron chi connectivity index (χ0n) is 10.2. The summed E-state index contributed by atoms with van der Waals surface area (Å²) in [4.78, 5) is 10.6. The third kappa shape index (κ3) is 3.89. The van der Waals surface area contributed by atoms with Crippen molar-refractivity contribution in [3.63, 3.8) is 0 Å². The highest BCUT2D eigenvalue weighted by molar-refractivity contribution is 5.90. The zero-order valence-corrected chi connectivity index (χ0v) is 10.2. The van der Waals surface area contributed by atoms with Gasteiger partial charge < -0.3 is 15.2 Å². The molecule has 0 aromatic heterocycles. The number of rotatable bonds is 4. The van der Waals surface area contributed by atoms with E-state index in [9.17, 15) is 4.79 Å². The molecule has 1 fully saturated rings. The monoisotopic (exact) mass is 247 g/mol. The largest absolute Gasteiger partial charge is 0.490 e. The number of ether oxygens (including phenoxy) is 2. The first-order chi connectivity index (χ1) is 8.74. The SMILES string of the molecule is NC(=O)C=Cc1ccc(OC2CCOCC2)cc1. The standard InChI is InChI=1S/C14H17NO3/c15-14(16)6-3-11-1-4-12(5-2-11)18-13-7-9-17-10-8-13/h1-6,13H,7-10H2,(H2,15,16). The van der Waals surface area contributed by atoms with Gasteiger partial charge in [-0.1, -0.05) is 12.1 Å². The molecule has 2 rings (SSSR count). The van der Waals surface area contributed by atoms with Gasteiger partial charge in [-0.25, -0.2) is 0 Å². The quantitative estimate of drug-likeness (QED) is 0.824. The average Bonchev–Trinajstić information content (AvgIpc) is 2.39. The lowest BCUT2D eigenvalue weighted by Crippen LogP contribution is -2.25. The lowest BCUT2D eigenvalue weighted by molar-refractivity contribution is -0.113. The van der Waals surface area contributed by atoms with E-state index >= 15 is 0 Å². The van der Waals surface area contributed by atoms with Crippen LogP contribution in [0.1, 0.15) is 18.4 Å². The van der Waals surface area contributed by atoms with E-state index in [-0.39, 0.29) is 6.10 Å². The fourth-order valence-corrected chi connectivity index (χ4v) is 1.82. The maximum Gasteiger partial charge on any atom is 0.241 e. The van der Waals surface area contributed by atoms with Crippen LogP contribution < -0.4 is 10.5 Å². The van der Waals surface area contributed by atoms with Gasteiger partial charge in [0.25, 0.3) is 0 Å². The summed E-state index contributed by atoms with van der Waals surface area (Å²) in [6, 6.07) is 7.59. The van der Waals surface area contributed by atoms with Crippen LogP contribution in [0, 0.1) is 0 Å². The molecular formula is C14H17NO3. The summed E-state index contributed by atoms with van der Waals surface area (Å²) in [5.41, 5.74) is 5.96. The molecule has 18 heavy (non-hydrogen) atoms. The minimum atomic E-state index is -0.447. The molecule has 4 heteroatoms. The summed E-state index contributed by atoms with van der Waals surface area (Å²) in [5.74, 6) is 0.399. The van der Waals surface area contributed by atoms with Crippen molar-refractivity contribution >= 4 is 12.0 Å². The first-order valence-corrected chi connectivity index (χ1v) is 6.06. The number of primary amides is 1. The van der Waals surface area contributed by atoms with Crippen LogP contribution in [0.2, 0.25) is 0 Å². The second-order valence-corrected chi connectivity index (χ2v) is 4.23. The van der Waals surface area contributed by atoms with Crippen LogP contribution >= 0.6 is 0 Å². The van der Waals surface area contributed by atoms with Gasteiger partial charge in [-0.05, 0) is 23.8 Å². The van der Waals surface area contributed by atoms with Crippen LogP contribution in [0.5, 0.6) is 5.75 Å². The van der Waals surface area contributed by atoms with E-state index in [2.05, 4.69) is 0 Å². The highest BCUT2D eigenvalue weighted by Gasteiger charge is 2.14. The van der Waals surface area contributed by atoms with Crippen LogP contribution in [0.3, 0.4) is 0 Å². The van der Waals surface area contributed by atoms with E-state index < -0.39 is 5.91 Å². The molecule has 1 heterocycles. The third-order valence-corrected chi connectivity index (χ3v) is 2.79. The van der Waals surface area contributed by atoms with Crippen molar-refractivity contribution < 1.29 is 14.3 Å². The highest BCUT2D eigenvalue weighted by Crippen LogP contribution is 2.18. The number of hydrogen-bond acceptors (Lipinski definition) is 3. The van der Waals surface area contributed by atoms with E-state index in [0.29, 0.717) is 0 Å². The average molecular weight is 247 g/mol. The summed E-state index contributed by atoms with van der Waals surface area (Å²) < 4.78 is 11.1.